The third-order valence-electron chi connectivity index (χ3n) is 0.974. The smallest absolute Gasteiger partial charge is 1.00 e. The van der Waals surface area contributed by atoms with Crippen LogP contribution in [-0.4, -0.2) is 23.7 Å². The van der Waals surface area contributed by atoms with E-state index >= 15 is 0 Å². The maximum atomic E-state index is 9.96. The van der Waals surface area contributed by atoms with Crippen LogP contribution in [0.3, 0.4) is 0 Å². The Hall–Kier alpha value is 1.55. The Morgan fingerprint density at radius 2 is 2.09 bits per heavy atom. The van der Waals surface area contributed by atoms with Crippen LogP contribution in [0.2, 0.25) is 0 Å². The molecule has 0 aliphatic carbocycles. The summed E-state index contributed by atoms with van der Waals surface area (Å²) in [5.41, 5.74) is 10.5. The third-order valence-corrected chi connectivity index (χ3v) is 0.974. The van der Waals surface area contributed by atoms with Crippen molar-refractivity contribution in [2.24, 2.45) is 11.5 Å². The van der Waals surface area contributed by atoms with Crippen molar-refractivity contribution in [1.82, 2.24) is 0 Å². The molecule has 0 aromatic carbocycles. The number of hydrogen-bond donors (Lipinski definition) is 3. The number of nitrogens with two attached hydrogens (primary N) is 2. The summed E-state index contributed by atoms with van der Waals surface area (Å²) in [6, 6.07) is -0.285. The molecule has 0 bridgehead atoms. The number of hydrogen-bond acceptors (Lipinski definition) is 3. The van der Waals surface area contributed by atoms with Crippen molar-refractivity contribution in [3.05, 3.63) is 0 Å². The molecule has 0 aliphatic heterocycles. The molecule has 4 nitrogen and oxygen atoms in total. The number of carbonyl (C=O) groups is 1. The van der Waals surface area contributed by atoms with Gasteiger partial charge in [0, 0.05) is 23.1 Å². The van der Waals surface area contributed by atoms with E-state index in [0.717, 1.165) is 0 Å². The van der Waals surface area contributed by atoms with Crippen molar-refractivity contribution < 1.29 is 79.8 Å². The molecule has 0 aromatic rings. The maximum Gasteiger partial charge on any atom is 1.00 e. The van der Waals surface area contributed by atoms with Crippen LogP contribution >= 0.6 is 0 Å². The molecule has 0 rings (SSSR count). The Labute approximate surface area is 121 Å². The molecule has 0 saturated carbocycles. The summed E-state index contributed by atoms with van der Waals surface area (Å²) in [5, 5.41) is 8.19. The predicted octanol–water partition coefficient (Wildman–Crippen LogP) is -3.75. The number of aliphatic carboxylic acids is 1. The molecule has 64 valence electrons. The van der Waals surface area contributed by atoms with E-state index in [1.54, 1.807) is 0 Å². The zero-order valence-electron chi connectivity index (χ0n) is 7.56. The first kappa shape index (κ1) is 18.4. The Morgan fingerprint density at radius 3 is 2.36 bits per heavy atom. The van der Waals surface area contributed by atoms with Crippen LogP contribution in [0.25, 0.3) is 0 Å². The van der Waals surface area contributed by atoms with Gasteiger partial charge in [0.25, 0.3) is 0 Å². The normalized spacial score (nSPS) is 10.7. The quantitative estimate of drug-likeness (QED) is 0.431. The molecule has 11 heavy (non-hydrogen) atoms. The zero-order valence-corrected chi connectivity index (χ0v) is 10.8. The van der Waals surface area contributed by atoms with Crippen molar-refractivity contribution in [3.8, 4) is 0 Å². The van der Waals surface area contributed by atoms with Crippen molar-refractivity contribution in [3.63, 3.8) is 0 Å². The summed E-state index contributed by atoms with van der Waals surface area (Å²) >= 11 is 0. The molecule has 6 heteroatoms. The van der Waals surface area contributed by atoms with Crippen LogP contribution in [0.4, 0.5) is 0 Å². The van der Waals surface area contributed by atoms with Gasteiger partial charge in [0.05, 0.1) is 6.42 Å². The molecule has 0 fully saturated rings. The second kappa shape index (κ2) is 11.5. The first-order valence-electron chi connectivity index (χ1n) is 2.84. The Morgan fingerprint density at radius 1 is 1.64 bits per heavy atom. The van der Waals surface area contributed by atoms with Crippen LogP contribution in [0.15, 0.2) is 0 Å². The van der Waals surface area contributed by atoms with E-state index in [1.807, 2.05) is 0 Å². The minimum absolute atomic E-state index is 0. The third kappa shape index (κ3) is 14.4. The monoisotopic (exact) mass is 228 g/mol. The van der Waals surface area contributed by atoms with E-state index in [4.69, 9.17) is 16.6 Å². The van der Waals surface area contributed by atoms with Crippen LogP contribution in [0.5, 0.6) is 0 Å². The van der Waals surface area contributed by atoms with Crippen LogP contribution in [-0.2, 0) is 21.9 Å². The van der Waals surface area contributed by atoms with E-state index in [0.29, 0.717) is 13.0 Å². The van der Waals surface area contributed by atoms with Gasteiger partial charge in [-0.25, -0.2) is 0 Å². The summed E-state index contributed by atoms with van der Waals surface area (Å²) in [6.07, 6.45) is 0.587. The van der Waals surface area contributed by atoms with Gasteiger partial charge in [-0.05, 0) is 13.0 Å². The Balaban J connectivity index is -0.000000107. The number of carboxylic acid groups (broad SMARTS) is 1. The SMILES string of the molecule is NCCC(N)CC(=O)O.[Fe].[H-].[K+]. The van der Waals surface area contributed by atoms with Gasteiger partial charge in [0.1, 0.15) is 0 Å². The maximum absolute atomic E-state index is 9.96. The first-order valence-corrected chi connectivity index (χ1v) is 2.84. The Kier molecular flexibility index (Phi) is 19.3. The standard InChI is InChI=1S/C5H12N2O2.Fe.K.H/c6-2-1-4(7)3-5(8)9;;;/h4H,1-3,6-7H2,(H,8,9);;;/q;;+1;-1. The average molecular weight is 228 g/mol. The van der Waals surface area contributed by atoms with E-state index in [1.165, 1.54) is 0 Å². The van der Waals surface area contributed by atoms with Gasteiger partial charge in [-0.3, -0.25) is 4.79 Å². The average Bonchev–Trinajstić information content (AvgIpc) is 1.63. The largest absolute Gasteiger partial charge is 1.00 e. The second-order valence-electron chi connectivity index (χ2n) is 1.94. The van der Waals surface area contributed by atoms with Crippen LogP contribution in [0.1, 0.15) is 14.3 Å². The fourth-order valence-corrected chi connectivity index (χ4v) is 0.540. The number of rotatable bonds is 4. The number of carboxylic acids is 1. The summed E-state index contributed by atoms with van der Waals surface area (Å²) in [4.78, 5) is 9.96. The molecule has 0 heterocycles. The first-order chi connectivity index (χ1) is 4.16. The molecular weight excluding hydrogens is 215 g/mol. The van der Waals surface area contributed by atoms with Crippen molar-refractivity contribution in [1.29, 1.82) is 0 Å². The van der Waals surface area contributed by atoms with Gasteiger partial charge in [-0.1, -0.05) is 0 Å². The fourth-order valence-electron chi connectivity index (χ4n) is 0.540. The summed E-state index contributed by atoms with van der Waals surface area (Å²) < 4.78 is 0. The minimum Gasteiger partial charge on any atom is -1.00 e. The van der Waals surface area contributed by atoms with Crippen molar-refractivity contribution in [2.75, 3.05) is 6.54 Å². The summed E-state index contributed by atoms with van der Waals surface area (Å²) in [7, 11) is 0. The molecule has 1 unspecified atom stereocenters. The topological polar surface area (TPSA) is 89.3 Å². The predicted molar refractivity (Wildman–Crippen MR) is 35.0 cm³/mol. The van der Waals surface area contributed by atoms with Gasteiger partial charge >= 0.3 is 57.4 Å². The second-order valence-corrected chi connectivity index (χ2v) is 1.94. The summed E-state index contributed by atoms with van der Waals surface area (Å²) in [5.74, 6) is -0.865. The minimum atomic E-state index is -0.865. The van der Waals surface area contributed by atoms with Gasteiger partial charge in [0.2, 0.25) is 0 Å². The van der Waals surface area contributed by atoms with Crippen LogP contribution < -0.4 is 62.9 Å². The van der Waals surface area contributed by atoms with Crippen LogP contribution in [0, 0.1) is 0 Å². The van der Waals surface area contributed by atoms with E-state index in [-0.39, 0.29) is 82.3 Å². The van der Waals surface area contributed by atoms with Crippen molar-refractivity contribution in [2.45, 2.75) is 18.9 Å². The molecule has 0 radical (unpaired) electrons. The zero-order chi connectivity index (χ0) is 7.28. The molecule has 0 aromatic heterocycles. The van der Waals surface area contributed by atoms with E-state index in [9.17, 15) is 4.79 Å². The van der Waals surface area contributed by atoms with Gasteiger partial charge in [-0.2, -0.15) is 0 Å². The molecule has 0 spiro atoms. The molecule has 0 aliphatic rings. The molecule has 0 saturated heterocycles. The Bertz CT molecular complexity index is 109. The van der Waals surface area contributed by atoms with Gasteiger partial charge < -0.3 is 18.0 Å². The molecular formula is C5H13FeKN2O2. The van der Waals surface area contributed by atoms with Crippen molar-refractivity contribution >= 4 is 5.97 Å². The molecule has 0 amide bonds. The van der Waals surface area contributed by atoms with E-state index in [2.05, 4.69) is 0 Å². The van der Waals surface area contributed by atoms with Gasteiger partial charge in [-0.15, -0.1) is 0 Å². The van der Waals surface area contributed by atoms with E-state index < -0.39 is 5.97 Å². The molecule has 1 atom stereocenters. The summed E-state index contributed by atoms with van der Waals surface area (Å²) in [6.45, 7) is 0.453. The van der Waals surface area contributed by atoms with Gasteiger partial charge in [0.15, 0.2) is 0 Å². The molecule has 5 N–H and O–H groups in total. The fraction of sp³-hybridized carbons (Fsp3) is 0.800.